The van der Waals surface area contributed by atoms with Crippen molar-refractivity contribution in [2.45, 2.75) is 20.3 Å². The molecule has 0 spiro atoms. The number of amides is 3. The summed E-state index contributed by atoms with van der Waals surface area (Å²) < 4.78 is 0. The summed E-state index contributed by atoms with van der Waals surface area (Å²) in [7, 11) is 0. The first kappa shape index (κ1) is 20.0. The Bertz CT molecular complexity index is 672. The van der Waals surface area contributed by atoms with Crippen molar-refractivity contribution in [2.24, 2.45) is 0 Å². The van der Waals surface area contributed by atoms with Gasteiger partial charge in [-0.05, 0) is 24.6 Å². The van der Waals surface area contributed by atoms with Crippen LogP contribution in [0.25, 0.3) is 0 Å². The smallest absolute Gasteiger partial charge is 0.253 e. The van der Waals surface area contributed by atoms with Crippen LogP contribution < -0.4 is 10.6 Å². The Hall–Kier alpha value is -2.28. The van der Waals surface area contributed by atoms with Gasteiger partial charge in [-0.15, -0.1) is 0 Å². The lowest BCUT2D eigenvalue weighted by molar-refractivity contribution is -0.137. The highest BCUT2D eigenvalue weighted by molar-refractivity contribution is 6.31. The molecule has 2 N–H and O–H groups in total. The summed E-state index contributed by atoms with van der Waals surface area (Å²) in [5.41, 5.74) is 0.985. The molecule has 2 rings (SSSR count). The minimum Gasteiger partial charge on any atom is -0.375 e. The molecule has 1 aromatic carbocycles. The Morgan fingerprint density at radius 2 is 1.77 bits per heavy atom. The Labute approximate surface area is 158 Å². The highest BCUT2D eigenvalue weighted by atomic mass is 35.5. The van der Waals surface area contributed by atoms with Gasteiger partial charge in [0.05, 0.1) is 12.1 Å². The van der Waals surface area contributed by atoms with Crippen LogP contribution >= 0.6 is 11.6 Å². The van der Waals surface area contributed by atoms with Gasteiger partial charge in [0, 0.05) is 50.4 Å². The molecule has 1 aromatic rings. The molecule has 1 fully saturated rings. The van der Waals surface area contributed by atoms with Gasteiger partial charge in [-0.2, -0.15) is 0 Å². The molecule has 0 bridgehead atoms. The van der Waals surface area contributed by atoms with E-state index >= 15 is 0 Å². The van der Waals surface area contributed by atoms with Gasteiger partial charge >= 0.3 is 0 Å². The summed E-state index contributed by atoms with van der Waals surface area (Å²) in [6.45, 7) is 6.27. The van der Waals surface area contributed by atoms with E-state index in [1.165, 1.54) is 6.92 Å². The van der Waals surface area contributed by atoms with Crippen LogP contribution in [-0.4, -0.2) is 66.8 Å². The number of hydrogen-bond acceptors (Lipinski definition) is 4. The molecule has 1 saturated heterocycles. The van der Waals surface area contributed by atoms with Crippen molar-refractivity contribution in [3.8, 4) is 0 Å². The van der Waals surface area contributed by atoms with E-state index in [0.29, 0.717) is 49.0 Å². The zero-order valence-corrected chi connectivity index (χ0v) is 15.9. The molecule has 26 heavy (non-hydrogen) atoms. The molecule has 1 aliphatic heterocycles. The molecule has 1 aliphatic rings. The number of halogens is 1. The summed E-state index contributed by atoms with van der Waals surface area (Å²) in [5.74, 6) is -0.251. The maximum Gasteiger partial charge on any atom is 0.253 e. The topological polar surface area (TPSA) is 81.8 Å². The zero-order chi connectivity index (χ0) is 19.1. The molecule has 7 nitrogen and oxygen atoms in total. The molecule has 0 unspecified atom stereocenters. The number of benzene rings is 1. The Kier molecular flexibility index (Phi) is 7.26. The highest BCUT2D eigenvalue weighted by Crippen LogP contribution is 2.21. The van der Waals surface area contributed by atoms with Crippen LogP contribution in [0.5, 0.6) is 0 Å². The predicted molar refractivity (Wildman–Crippen MR) is 101 cm³/mol. The van der Waals surface area contributed by atoms with E-state index < -0.39 is 0 Å². The van der Waals surface area contributed by atoms with Crippen LogP contribution in [0.3, 0.4) is 0 Å². The van der Waals surface area contributed by atoms with Crippen LogP contribution in [0.1, 0.15) is 30.6 Å². The van der Waals surface area contributed by atoms with Gasteiger partial charge in [-0.3, -0.25) is 14.4 Å². The molecule has 142 valence electrons. The lowest BCUT2D eigenvalue weighted by Crippen LogP contribution is -2.51. The summed E-state index contributed by atoms with van der Waals surface area (Å²) in [6, 6.07) is 4.94. The Morgan fingerprint density at radius 3 is 2.38 bits per heavy atom. The minimum atomic E-state index is -0.200. The first-order chi connectivity index (χ1) is 12.4. The molecule has 3 amide bonds. The SMILES string of the molecule is CCCNC(=O)c1ccc(Cl)cc1NCC(=O)N1CCN(C(C)=O)CC1. The maximum absolute atomic E-state index is 12.4. The standard InChI is InChI=1S/C18H25ClN4O3/c1-3-6-20-18(26)15-5-4-14(19)11-16(15)21-12-17(25)23-9-7-22(8-10-23)13(2)24/h4-5,11,21H,3,6-10,12H2,1-2H3,(H,20,26). The molecule has 0 aromatic heterocycles. The largest absolute Gasteiger partial charge is 0.375 e. The zero-order valence-electron chi connectivity index (χ0n) is 15.2. The van der Waals surface area contributed by atoms with Crippen LogP contribution in [0.2, 0.25) is 5.02 Å². The van der Waals surface area contributed by atoms with Gasteiger partial charge in [0.1, 0.15) is 0 Å². The molecule has 0 aliphatic carbocycles. The fraction of sp³-hybridized carbons (Fsp3) is 0.500. The predicted octanol–water partition coefficient (Wildman–Crippen LogP) is 1.58. The fourth-order valence-electron chi connectivity index (χ4n) is 2.75. The number of piperazine rings is 1. The van der Waals surface area contributed by atoms with E-state index in [1.54, 1.807) is 28.0 Å². The third-order valence-corrected chi connectivity index (χ3v) is 4.50. The van der Waals surface area contributed by atoms with Crippen molar-refractivity contribution >= 4 is 35.0 Å². The van der Waals surface area contributed by atoms with E-state index in [0.717, 1.165) is 6.42 Å². The van der Waals surface area contributed by atoms with Crippen molar-refractivity contribution in [1.29, 1.82) is 0 Å². The second kappa shape index (κ2) is 9.43. The first-order valence-electron chi connectivity index (χ1n) is 8.77. The lowest BCUT2D eigenvalue weighted by atomic mass is 10.1. The van der Waals surface area contributed by atoms with E-state index in [9.17, 15) is 14.4 Å². The van der Waals surface area contributed by atoms with Crippen LogP contribution in [0.4, 0.5) is 5.69 Å². The quantitative estimate of drug-likeness (QED) is 0.785. The second-order valence-electron chi connectivity index (χ2n) is 6.19. The molecule has 0 saturated carbocycles. The molecule has 0 radical (unpaired) electrons. The third-order valence-electron chi connectivity index (χ3n) is 4.27. The lowest BCUT2D eigenvalue weighted by Gasteiger charge is -2.34. The van der Waals surface area contributed by atoms with Gasteiger partial charge in [-0.25, -0.2) is 0 Å². The van der Waals surface area contributed by atoms with E-state index in [1.807, 2.05) is 6.92 Å². The monoisotopic (exact) mass is 380 g/mol. The average Bonchev–Trinajstić information content (AvgIpc) is 2.64. The summed E-state index contributed by atoms with van der Waals surface area (Å²) in [5, 5.41) is 6.33. The summed E-state index contributed by atoms with van der Waals surface area (Å²) in [4.78, 5) is 39.5. The van der Waals surface area contributed by atoms with Crippen molar-refractivity contribution < 1.29 is 14.4 Å². The third kappa shape index (κ3) is 5.36. The highest BCUT2D eigenvalue weighted by Gasteiger charge is 2.22. The summed E-state index contributed by atoms with van der Waals surface area (Å²) in [6.07, 6.45) is 0.840. The molecule has 1 heterocycles. The number of carbonyl (C=O) groups is 3. The van der Waals surface area contributed by atoms with Gasteiger partial charge in [0.15, 0.2) is 0 Å². The van der Waals surface area contributed by atoms with Gasteiger partial charge in [0.2, 0.25) is 11.8 Å². The van der Waals surface area contributed by atoms with Crippen LogP contribution in [0, 0.1) is 0 Å². The van der Waals surface area contributed by atoms with Crippen molar-refractivity contribution in [1.82, 2.24) is 15.1 Å². The number of anilines is 1. The molecular formula is C18H25ClN4O3. The second-order valence-corrected chi connectivity index (χ2v) is 6.62. The number of rotatable bonds is 6. The summed E-state index contributed by atoms with van der Waals surface area (Å²) >= 11 is 6.03. The van der Waals surface area contributed by atoms with Gasteiger partial charge in [-0.1, -0.05) is 18.5 Å². The Balaban J connectivity index is 1.96. The normalized spacial score (nSPS) is 14.1. The van der Waals surface area contributed by atoms with Crippen molar-refractivity contribution in [2.75, 3.05) is 44.6 Å². The number of hydrogen-bond donors (Lipinski definition) is 2. The fourth-order valence-corrected chi connectivity index (χ4v) is 2.92. The average molecular weight is 381 g/mol. The van der Waals surface area contributed by atoms with Crippen LogP contribution in [0.15, 0.2) is 18.2 Å². The maximum atomic E-state index is 12.4. The van der Waals surface area contributed by atoms with Gasteiger partial charge < -0.3 is 20.4 Å². The number of nitrogens with one attached hydrogen (secondary N) is 2. The molecule has 8 heteroatoms. The van der Waals surface area contributed by atoms with Crippen LogP contribution in [-0.2, 0) is 9.59 Å². The van der Waals surface area contributed by atoms with Crippen molar-refractivity contribution in [3.05, 3.63) is 28.8 Å². The number of nitrogens with zero attached hydrogens (tertiary/aromatic N) is 2. The van der Waals surface area contributed by atoms with Gasteiger partial charge in [0.25, 0.3) is 5.91 Å². The first-order valence-corrected chi connectivity index (χ1v) is 9.15. The number of carbonyl (C=O) groups excluding carboxylic acids is 3. The van der Waals surface area contributed by atoms with E-state index in [2.05, 4.69) is 10.6 Å². The molecular weight excluding hydrogens is 356 g/mol. The minimum absolute atomic E-state index is 0.0249. The van der Waals surface area contributed by atoms with E-state index in [4.69, 9.17) is 11.6 Å². The molecule has 0 atom stereocenters. The Morgan fingerprint density at radius 1 is 1.12 bits per heavy atom. The van der Waals surface area contributed by atoms with E-state index in [-0.39, 0.29) is 24.3 Å². The van der Waals surface area contributed by atoms with Crippen molar-refractivity contribution in [3.63, 3.8) is 0 Å².